The van der Waals surface area contributed by atoms with Crippen molar-refractivity contribution in [3.05, 3.63) is 64.9 Å². The Balaban J connectivity index is 2.43. The monoisotopic (exact) mass is 336 g/mol. The van der Waals surface area contributed by atoms with Crippen LogP contribution in [0.4, 0.5) is 0 Å². The van der Waals surface area contributed by atoms with Crippen LogP contribution in [0.15, 0.2) is 69.8 Å². The molecule has 0 unspecified atom stereocenters. The van der Waals surface area contributed by atoms with Gasteiger partial charge in [0.15, 0.2) is 0 Å². The van der Waals surface area contributed by atoms with Crippen LogP contribution < -0.4 is 0 Å². The molecule has 0 radical (unpaired) electrons. The smallest absolute Gasteiger partial charge is 0.305 e. The maximum absolute atomic E-state index is 13.2. The second-order valence-electron chi connectivity index (χ2n) is 4.57. The Kier molecular flexibility index (Phi) is 6.71. The number of rotatable bonds is 7. The van der Waals surface area contributed by atoms with Gasteiger partial charge >= 0.3 is 7.60 Å². The van der Waals surface area contributed by atoms with Crippen molar-refractivity contribution in [3.63, 3.8) is 0 Å². The second-order valence-corrected chi connectivity index (χ2v) is 7.91. The summed E-state index contributed by atoms with van der Waals surface area (Å²) in [4.78, 5) is 1.02. The van der Waals surface area contributed by atoms with Gasteiger partial charge in [-0.15, -0.1) is 0 Å². The maximum Gasteiger partial charge on any atom is 0.368 e. The van der Waals surface area contributed by atoms with E-state index in [4.69, 9.17) is 9.05 Å². The SMILES string of the molecule is CCOP(=O)(OCC)/C(Sc1ccccc1)=C1/C=CC=CC1. The van der Waals surface area contributed by atoms with Crippen LogP contribution in [-0.2, 0) is 13.6 Å². The zero-order chi connectivity index (χ0) is 15.8. The van der Waals surface area contributed by atoms with Gasteiger partial charge in [-0.05, 0) is 38.0 Å². The van der Waals surface area contributed by atoms with E-state index in [0.29, 0.717) is 17.9 Å². The van der Waals surface area contributed by atoms with Crippen molar-refractivity contribution in [2.24, 2.45) is 0 Å². The summed E-state index contributed by atoms with van der Waals surface area (Å²) in [5, 5.41) is 0. The lowest BCUT2D eigenvalue weighted by atomic mass is 10.1. The van der Waals surface area contributed by atoms with Crippen molar-refractivity contribution >= 4 is 19.4 Å². The lowest BCUT2D eigenvalue weighted by molar-refractivity contribution is 0.228. The minimum Gasteiger partial charge on any atom is -0.305 e. The maximum atomic E-state index is 13.2. The minimum atomic E-state index is -3.31. The van der Waals surface area contributed by atoms with E-state index in [1.807, 2.05) is 68.5 Å². The molecule has 5 heteroatoms. The summed E-state index contributed by atoms with van der Waals surface area (Å²) in [7, 11) is -3.31. The van der Waals surface area contributed by atoms with Crippen LogP contribution in [0.2, 0.25) is 0 Å². The Morgan fingerprint density at radius 1 is 1.14 bits per heavy atom. The molecule has 0 amide bonds. The van der Waals surface area contributed by atoms with Gasteiger partial charge in [0.2, 0.25) is 0 Å². The van der Waals surface area contributed by atoms with Gasteiger partial charge in [-0.1, -0.05) is 54.3 Å². The van der Waals surface area contributed by atoms with Crippen LogP contribution in [0.3, 0.4) is 0 Å². The lowest BCUT2D eigenvalue weighted by Gasteiger charge is -2.22. The molecule has 1 aliphatic rings. The van der Waals surface area contributed by atoms with Crippen LogP contribution in [-0.4, -0.2) is 13.2 Å². The molecular formula is C17H21O3PS. The van der Waals surface area contributed by atoms with Crippen molar-refractivity contribution in [2.75, 3.05) is 13.2 Å². The zero-order valence-corrected chi connectivity index (χ0v) is 14.6. The van der Waals surface area contributed by atoms with Crippen molar-refractivity contribution in [1.82, 2.24) is 0 Å². The number of thioether (sulfide) groups is 1. The molecule has 0 aliphatic heterocycles. The molecule has 118 valence electrons. The average Bonchev–Trinajstić information content (AvgIpc) is 2.55. The summed E-state index contributed by atoms with van der Waals surface area (Å²) in [6.45, 7) is 4.36. The van der Waals surface area contributed by atoms with E-state index < -0.39 is 7.60 Å². The molecule has 22 heavy (non-hydrogen) atoms. The fourth-order valence-electron chi connectivity index (χ4n) is 2.06. The summed E-state index contributed by atoms with van der Waals surface area (Å²) in [6, 6.07) is 9.89. The first-order valence-corrected chi connectivity index (χ1v) is 9.74. The minimum absolute atomic E-state index is 0.350. The van der Waals surface area contributed by atoms with Crippen LogP contribution in [0.5, 0.6) is 0 Å². The molecule has 0 saturated heterocycles. The zero-order valence-electron chi connectivity index (χ0n) is 12.9. The largest absolute Gasteiger partial charge is 0.368 e. The molecule has 0 spiro atoms. The Labute approximate surface area is 136 Å². The van der Waals surface area contributed by atoms with E-state index in [0.717, 1.165) is 16.9 Å². The summed E-state index contributed by atoms with van der Waals surface area (Å²) in [5.41, 5.74) is 0.988. The Morgan fingerprint density at radius 2 is 1.82 bits per heavy atom. The summed E-state index contributed by atoms with van der Waals surface area (Å²) >= 11 is 1.46. The van der Waals surface area contributed by atoms with Gasteiger partial charge in [-0.3, -0.25) is 4.57 Å². The fraction of sp³-hybridized carbons (Fsp3) is 0.294. The van der Waals surface area contributed by atoms with E-state index in [9.17, 15) is 4.57 Å². The van der Waals surface area contributed by atoms with Crippen molar-refractivity contribution in [3.8, 4) is 0 Å². The third-order valence-corrected chi connectivity index (χ3v) is 6.85. The summed E-state index contributed by atoms with van der Waals surface area (Å²) in [6.07, 6.45) is 8.70. The first-order valence-electron chi connectivity index (χ1n) is 7.38. The topological polar surface area (TPSA) is 35.5 Å². The predicted molar refractivity (Wildman–Crippen MR) is 93.1 cm³/mol. The quantitative estimate of drug-likeness (QED) is 0.467. The van der Waals surface area contributed by atoms with Gasteiger partial charge in [0.25, 0.3) is 0 Å². The number of hydrogen-bond donors (Lipinski definition) is 0. The van der Waals surface area contributed by atoms with E-state index in [2.05, 4.69) is 0 Å². The first-order chi connectivity index (χ1) is 10.7. The second kappa shape index (κ2) is 8.54. The Bertz CT molecular complexity index is 610. The van der Waals surface area contributed by atoms with Crippen molar-refractivity contribution in [1.29, 1.82) is 0 Å². The molecule has 1 aliphatic carbocycles. The molecule has 3 nitrogen and oxygen atoms in total. The molecule has 0 fully saturated rings. The molecule has 1 aromatic rings. The van der Waals surface area contributed by atoms with Crippen LogP contribution in [0.1, 0.15) is 20.3 Å². The van der Waals surface area contributed by atoms with E-state index in [1.54, 1.807) is 0 Å². The predicted octanol–water partition coefficient (Wildman–Crippen LogP) is 5.77. The third kappa shape index (κ3) is 4.47. The van der Waals surface area contributed by atoms with Gasteiger partial charge in [0, 0.05) is 4.90 Å². The lowest BCUT2D eigenvalue weighted by Crippen LogP contribution is -2.00. The Hall–Kier alpha value is -1.06. The molecule has 1 aromatic carbocycles. The highest BCUT2D eigenvalue weighted by Gasteiger charge is 2.32. The fourth-order valence-corrected chi connectivity index (χ4v) is 5.45. The van der Waals surface area contributed by atoms with Crippen LogP contribution in [0, 0.1) is 0 Å². The molecule has 0 aromatic heterocycles. The number of hydrogen-bond acceptors (Lipinski definition) is 4. The van der Waals surface area contributed by atoms with E-state index in [-0.39, 0.29) is 0 Å². The van der Waals surface area contributed by atoms with Gasteiger partial charge in [0.05, 0.1) is 13.2 Å². The van der Waals surface area contributed by atoms with Crippen LogP contribution >= 0.6 is 19.4 Å². The molecule has 0 bridgehead atoms. The number of benzene rings is 1. The molecule has 0 N–H and O–H groups in total. The molecule has 2 rings (SSSR count). The van der Waals surface area contributed by atoms with Gasteiger partial charge in [-0.2, -0.15) is 0 Å². The molecule has 0 atom stereocenters. The van der Waals surface area contributed by atoms with E-state index >= 15 is 0 Å². The Morgan fingerprint density at radius 3 is 2.36 bits per heavy atom. The third-order valence-electron chi connectivity index (χ3n) is 2.96. The molecule has 0 heterocycles. The number of allylic oxidation sites excluding steroid dienone is 5. The van der Waals surface area contributed by atoms with Gasteiger partial charge in [0.1, 0.15) is 4.65 Å². The van der Waals surface area contributed by atoms with Gasteiger partial charge in [-0.25, -0.2) is 0 Å². The van der Waals surface area contributed by atoms with E-state index in [1.165, 1.54) is 11.8 Å². The molecule has 0 saturated carbocycles. The highest BCUT2D eigenvalue weighted by atomic mass is 32.2. The standard InChI is InChI=1S/C17H21O3PS/c1-3-19-21(18,20-4-2)17(15-11-7-5-8-12-15)22-16-13-9-6-10-14-16/h5-11,13-14H,3-4,12H2,1-2H3/b17-15+. The van der Waals surface area contributed by atoms with Crippen LogP contribution in [0.25, 0.3) is 0 Å². The molecular weight excluding hydrogens is 315 g/mol. The highest BCUT2D eigenvalue weighted by Crippen LogP contribution is 2.63. The summed E-state index contributed by atoms with van der Waals surface area (Å²) < 4.78 is 25.0. The summed E-state index contributed by atoms with van der Waals surface area (Å²) in [5.74, 6) is 0. The highest BCUT2D eigenvalue weighted by molar-refractivity contribution is 8.10. The van der Waals surface area contributed by atoms with Gasteiger partial charge < -0.3 is 9.05 Å². The van der Waals surface area contributed by atoms with Crippen molar-refractivity contribution < 1.29 is 13.6 Å². The normalized spacial score (nSPS) is 16.8. The average molecular weight is 336 g/mol. The first kappa shape index (κ1) is 17.3. The van der Waals surface area contributed by atoms with Crippen molar-refractivity contribution in [2.45, 2.75) is 25.2 Å².